The lowest BCUT2D eigenvalue weighted by molar-refractivity contribution is -0.123. The van der Waals surface area contributed by atoms with Crippen molar-refractivity contribution in [1.29, 1.82) is 0 Å². The normalized spacial score (nSPS) is 20.6. The lowest BCUT2D eigenvalue weighted by Gasteiger charge is -2.33. The lowest BCUT2D eigenvalue weighted by atomic mass is 10.0. The number of urea groups is 1. The van der Waals surface area contributed by atoms with Crippen molar-refractivity contribution in [3.05, 3.63) is 94.8 Å². The zero-order chi connectivity index (χ0) is 24.1. The molecule has 2 heterocycles. The molecule has 1 saturated heterocycles. The van der Waals surface area contributed by atoms with Gasteiger partial charge in [-0.25, -0.2) is 9.18 Å². The number of anilines is 2. The van der Waals surface area contributed by atoms with Crippen molar-refractivity contribution in [2.45, 2.75) is 30.0 Å². The van der Waals surface area contributed by atoms with E-state index in [9.17, 15) is 14.0 Å². The number of nitrogens with zero attached hydrogens (tertiary/aromatic N) is 2. The van der Waals surface area contributed by atoms with E-state index in [1.807, 2.05) is 50.2 Å². The zero-order valence-corrected chi connectivity index (χ0v) is 20.3. The van der Waals surface area contributed by atoms with Gasteiger partial charge in [0.2, 0.25) is 0 Å². The Morgan fingerprint density at radius 2 is 1.85 bits per heavy atom. The molecule has 3 aromatic rings. The maximum Gasteiger partial charge on any atom is 0.323 e. The van der Waals surface area contributed by atoms with E-state index in [1.54, 1.807) is 28.0 Å². The summed E-state index contributed by atoms with van der Waals surface area (Å²) in [6.07, 6.45) is 0. The zero-order valence-electron chi connectivity index (χ0n) is 18.7. The Balaban J connectivity index is 1.59. The second kappa shape index (κ2) is 8.32. The van der Waals surface area contributed by atoms with Gasteiger partial charge in [-0.05, 0) is 55.8 Å². The minimum absolute atomic E-state index is 0.196. The molecule has 0 aromatic heterocycles. The molecule has 1 spiro atoms. The van der Waals surface area contributed by atoms with Crippen LogP contribution in [0, 0.1) is 5.82 Å². The number of halogens is 2. The SMILES string of the molecule is CC1(C)CN(C(=O)Nc2cccc(F)c2)C2(S1)C(=O)N(Cc1ccccc1)c1ccc(Cl)cc12. The first-order chi connectivity index (χ1) is 16.2. The van der Waals surface area contributed by atoms with Gasteiger partial charge in [0.25, 0.3) is 5.91 Å². The Labute approximate surface area is 206 Å². The third kappa shape index (κ3) is 3.83. The summed E-state index contributed by atoms with van der Waals surface area (Å²) in [6, 6.07) is 20.3. The van der Waals surface area contributed by atoms with Gasteiger partial charge in [0.1, 0.15) is 5.82 Å². The van der Waals surface area contributed by atoms with Gasteiger partial charge in [-0.1, -0.05) is 48.0 Å². The molecule has 3 aromatic carbocycles. The molecule has 0 saturated carbocycles. The topological polar surface area (TPSA) is 52.7 Å². The van der Waals surface area contributed by atoms with E-state index in [1.165, 1.54) is 30.0 Å². The summed E-state index contributed by atoms with van der Waals surface area (Å²) in [7, 11) is 0. The van der Waals surface area contributed by atoms with Gasteiger partial charge >= 0.3 is 6.03 Å². The number of amides is 3. The van der Waals surface area contributed by atoms with Crippen LogP contribution in [0.4, 0.5) is 20.6 Å². The molecular weight excluding hydrogens is 473 g/mol. The molecule has 0 bridgehead atoms. The second-order valence-electron chi connectivity index (χ2n) is 9.07. The Bertz CT molecular complexity index is 1290. The number of fused-ring (bicyclic) bond motifs is 2. The van der Waals surface area contributed by atoms with E-state index in [0.29, 0.717) is 29.4 Å². The lowest BCUT2D eigenvalue weighted by Crippen LogP contribution is -2.51. The van der Waals surface area contributed by atoms with E-state index >= 15 is 0 Å². The molecule has 1 fully saturated rings. The van der Waals surface area contributed by atoms with Gasteiger partial charge < -0.3 is 10.2 Å². The number of thioether (sulfide) groups is 1. The van der Waals surface area contributed by atoms with Crippen LogP contribution in [0.25, 0.3) is 0 Å². The first kappa shape index (κ1) is 22.7. The van der Waals surface area contributed by atoms with Gasteiger partial charge in [-0.3, -0.25) is 9.69 Å². The highest BCUT2D eigenvalue weighted by Gasteiger charge is 2.63. The van der Waals surface area contributed by atoms with Crippen LogP contribution in [0.5, 0.6) is 0 Å². The maximum atomic E-state index is 14.2. The standard InChI is InChI=1S/C26H23ClFN3O2S/c1-25(2)16-31(24(33)29-20-10-6-9-19(28)14-20)26(34-25)21-13-18(27)11-12-22(21)30(23(26)32)15-17-7-4-3-5-8-17/h3-14H,15-16H2,1-2H3,(H,29,33). The van der Waals surface area contributed by atoms with Crippen LogP contribution in [-0.4, -0.2) is 28.1 Å². The van der Waals surface area contributed by atoms with Crippen molar-refractivity contribution in [2.24, 2.45) is 0 Å². The van der Waals surface area contributed by atoms with Crippen LogP contribution >= 0.6 is 23.4 Å². The molecule has 1 N–H and O–H groups in total. The molecule has 0 radical (unpaired) electrons. The Hall–Kier alpha value is -3.03. The Morgan fingerprint density at radius 1 is 1.09 bits per heavy atom. The minimum atomic E-state index is -1.28. The smallest absolute Gasteiger partial charge is 0.308 e. The average molecular weight is 496 g/mol. The van der Waals surface area contributed by atoms with Crippen LogP contribution in [0.15, 0.2) is 72.8 Å². The predicted molar refractivity (Wildman–Crippen MR) is 135 cm³/mol. The van der Waals surface area contributed by atoms with Gasteiger partial charge in [-0.2, -0.15) is 0 Å². The highest BCUT2D eigenvalue weighted by Crippen LogP contribution is 2.60. The van der Waals surface area contributed by atoms with E-state index < -0.39 is 21.5 Å². The minimum Gasteiger partial charge on any atom is -0.308 e. The molecule has 34 heavy (non-hydrogen) atoms. The molecule has 3 amide bonds. The van der Waals surface area contributed by atoms with Crippen molar-refractivity contribution in [3.63, 3.8) is 0 Å². The summed E-state index contributed by atoms with van der Waals surface area (Å²) in [6.45, 7) is 4.71. The number of benzene rings is 3. The van der Waals surface area contributed by atoms with E-state index in [2.05, 4.69) is 5.32 Å². The number of rotatable bonds is 3. The van der Waals surface area contributed by atoms with Crippen molar-refractivity contribution >= 4 is 46.7 Å². The van der Waals surface area contributed by atoms with Gasteiger partial charge in [0.05, 0.1) is 12.2 Å². The fourth-order valence-corrected chi connectivity index (χ4v) is 6.55. The fraction of sp³-hybridized carbons (Fsp3) is 0.231. The number of hydrogen-bond donors (Lipinski definition) is 1. The van der Waals surface area contributed by atoms with E-state index in [4.69, 9.17) is 11.6 Å². The molecule has 2 aliphatic heterocycles. The van der Waals surface area contributed by atoms with Crippen molar-refractivity contribution < 1.29 is 14.0 Å². The second-order valence-corrected chi connectivity index (χ2v) is 11.4. The summed E-state index contributed by atoms with van der Waals surface area (Å²) < 4.78 is 13.3. The number of hydrogen-bond acceptors (Lipinski definition) is 3. The molecule has 5 rings (SSSR count). The number of carbonyl (C=O) groups is 2. The van der Waals surface area contributed by atoms with Crippen LogP contribution in [0.2, 0.25) is 5.02 Å². The van der Waals surface area contributed by atoms with Crippen LogP contribution < -0.4 is 10.2 Å². The molecule has 2 aliphatic rings. The maximum absolute atomic E-state index is 14.2. The van der Waals surface area contributed by atoms with Crippen molar-refractivity contribution in [1.82, 2.24) is 4.90 Å². The highest BCUT2D eigenvalue weighted by atomic mass is 35.5. The molecule has 5 nitrogen and oxygen atoms in total. The molecule has 174 valence electrons. The third-order valence-electron chi connectivity index (χ3n) is 6.00. The van der Waals surface area contributed by atoms with Crippen LogP contribution in [0.3, 0.4) is 0 Å². The predicted octanol–water partition coefficient (Wildman–Crippen LogP) is 6.24. The van der Waals surface area contributed by atoms with Crippen LogP contribution in [-0.2, 0) is 16.2 Å². The average Bonchev–Trinajstić information content (AvgIpc) is 3.21. The first-order valence-electron chi connectivity index (χ1n) is 10.9. The number of nitrogens with one attached hydrogen (secondary N) is 1. The van der Waals surface area contributed by atoms with Gasteiger partial charge in [0, 0.05) is 27.6 Å². The Kier molecular flexibility index (Phi) is 5.57. The summed E-state index contributed by atoms with van der Waals surface area (Å²) in [5.74, 6) is -0.648. The summed E-state index contributed by atoms with van der Waals surface area (Å²) in [4.78, 5) is 29.7. The third-order valence-corrected chi connectivity index (χ3v) is 7.82. The van der Waals surface area contributed by atoms with E-state index in [0.717, 1.165) is 11.3 Å². The number of carbonyl (C=O) groups excluding carboxylic acids is 2. The van der Waals surface area contributed by atoms with Crippen molar-refractivity contribution in [3.8, 4) is 0 Å². The molecule has 0 aliphatic carbocycles. The molecule has 8 heteroatoms. The Morgan fingerprint density at radius 3 is 2.59 bits per heavy atom. The fourth-order valence-electron chi connectivity index (χ4n) is 4.66. The summed E-state index contributed by atoms with van der Waals surface area (Å²) in [5.41, 5.74) is 2.72. The van der Waals surface area contributed by atoms with Gasteiger partial charge in [0.15, 0.2) is 4.87 Å². The summed E-state index contributed by atoms with van der Waals surface area (Å²) in [5, 5.41) is 3.26. The van der Waals surface area contributed by atoms with E-state index in [-0.39, 0.29) is 5.91 Å². The first-order valence-corrected chi connectivity index (χ1v) is 12.1. The quantitative estimate of drug-likeness (QED) is 0.468. The monoisotopic (exact) mass is 495 g/mol. The van der Waals surface area contributed by atoms with Crippen LogP contribution in [0.1, 0.15) is 25.0 Å². The van der Waals surface area contributed by atoms with Crippen molar-refractivity contribution in [2.75, 3.05) is 16.8 Å². The molecular formula is C26H23ClFN3O2S. The molecule has 1 unspecified atom stereocenters. The summed E-state index contributed by atoms with van der Waals surface area (Å²) >= 11 is 7.83. The molecule has 1 atom stereocenters. The largest absolute Gasteiger partial charge is 0.323 e. The highest BCUT2D eigenvalue weighted by molar-refractivity contribution is 8.02. The van der Waals surface area contributed by atoms with Gasteiger partial charge in [-0.15, -0.1) is 11.8 Å².